The maximum absolute atomic E-state index is 12.1. The zero-order valence-corrected chi connectivity index (χ0v) is 12.0. The molecule has 0 bridgehead atoms. The average molecular weight is 292 g/mol. The average Bonchev–Trinajstić information content (AvgIpc) is 2.75. The predicted molar refractivity (Wildman–Crippen MR) is 68.3 cm³/mol. The van der Waals surface area contributed by atoms with E-state index in [0.717, 1.165) is 11.3 Å². The highest BCUT2D eigenvalue weighted by atomic mass is 32.2. The number of carboxylic acid groups (broad SMARTS) is 1. The highest BCUT2D eigenvalue weighted by Gasteiger charge is 2.28. The molecule has 0 saturated carbocycles. The lowest BCUT2D eigenvalue weighted by molar-refractivity contribution is 0.0687. The zero-order valence-electron chi connectivity index (χ0n) is 10.4. The van der Waals surface area contributed by atoms with E-state index in [-0.39, 0.29) is 16.2 Å². The molecule has 1 rings (SSSR count). The van der Waals surface area contributed by atoms with Gasteiger partial charge in [0.05, 0.1) is 5.51 Å². The number of aromatic nitrogens is 1. The molecule has 0 aliphatic carbocycles. The Balaban J connectivity index is 3.07. The Morgan fingerprint density at radius 3 is 2.61 bits per heavy atom. The van der Waals surface area contributed by atoms with Crippen LogP contribution < -0.4 is 4.72 Å². The highest BCUT2D eigenvalue weighted by molar-refractivity contribution is 7.91. The Kier molecular flexibility index (Phi) is 4.83. The van der Waals surface area contributed by atoms with Gasteiger partial charge in [-0.2, -0.15) is 0 Å². The molecule has 1 aromatic rings. The number of aromatic carboxylic acids is 1. The highest BCUT2D eigenvalue weighted by Crippen LogP contribution is 2.21. The fraction of sp³-hybridized carbons (Fsp3) is 0.600. The van der Waals surface area contributed by atoms with Gasteiger partial charge in [0, 0.05) is 6.04 Å². The summed E-state index contributed by atoms with van der Waals surface area (Å²) in [6, 6.07) is -0.223. The summed E-state index contributed by atoms with van der Waals surface area (Å²) in [4.78, 5) is 14.4. The van der Waals surface area contributed by atoms with Crippen molar-refractivity contribution in [3.63, 3.8) is 0 Å². The summed E-state index contributed by atoms with van der Waals surface area (Å²) in [7, 11) is -3.82. The van der Waals surface area contributed by atoms with Crippen LogP contribution in [0.5, 0.6) is 0 Å². The topological polar surface area (TPSA) is 96.4 Å². The van der Waals surface area contributed by atoms with E-state index in [0.29, 0.717) is 6.42 Å². The van der Waals surface area contributed by atoms with Gasteiger partial charge in [0.15, 0.2) is 9.90 Å². The van der Waals surface area contributed by atoms with Crippen LogP contribution in [0.2, 0.25) is 0 Å². The van der Waals surface area contributed by atoms with Crippen LogP contribution in [-0.4, -0.2) is 30.5 Å². The van der Waals surface area contributed by atoms with Crippen LogP contribution in [0.15, 0.2) is 9.72 Å². The van der Waals surface area contributed by atoms with Crippen molar-refractivity contribution in [1.29, 1.82) is 0 Å². The van der Waals surface area contributed by atoms with Crippen molar-refractivity contribution in [3.8, 4) is 0 Å². The number of nitrogens with one attached hydrogen (secondary N) is 1. The van der Waals surface area contributed by atoms with Crippen molar-refractivity contribution in [3.05, 3.63) is 11.2 Å². The second kappa shape index (κ2) is 5.77. The third kappa shape index (κ3) is 3.27. The molecule has 18 heavy (non-hydrogen) atoms. The minimum atomic E-state index is -3.82. The number of hydrogen-bond donors (Lipinski definition) is 2. The standard InChI is InChI=1S/C10H16N2O4S2/c1-4-7(6(2)3)12-18(15,16)10-8(9(13)14)11-5-17-10/h5-7,12H,4H2,1-3H3,(H,13,14). The van der Waals surface area contributed by atoms with Crippen molar-refractivity contribution in [2.45, 2.75) is 37.4 Å². The summed E-state index contributed by atoms with van der Waals surface area (Å²) < 4.78 is 26.5. The van der Waals surface area contributed by atoms with Crippen LogP contribution in [-0.2, 0) is 10.0 Å². The molecule has 1 atom stereocenters. The van der Waals surface area contributed by atoms with Gasteiger partial charge in [-0.25, -0.2) is 22.9 Å². The van der Waals surface area contributed by atoms with Crippen LogP contribution in [0, 0.1) is 5.92 Å². The Hall–Kier alpha value is -0.990. The molecular formula is C10H16N2O4S2. The SMILES string of the molecule is CCC(NS(=O)(=O)c1scnc1C(=O)O)C(C)C. The normalized spacial score (nSPS) is 13.8. The zero-order chi connectivity index (χ0) is 13.9. The van der Waals surface area contributed by atoms with Crippen molar-refractivity contribution in [2.75, 3.05) is 0 Å². The van der Waals surface area contributed by atoms with Crippen LogP contribution in [0.25, 0.3) is 0 Å². The number of carboxylic acids is 1. The van der Waals surface area contributed by atoms with Gasteiger partial charge in [-0.1, -0.05) is 20.8 Å². The van der Waals surface area contributed by atoms with E-state index in [1.807, 2.05) is 20.8 Å². The fourth-order valence-corrected chi connectivity index (χ4v) is 4.14. The van der Waals surface area contributed by atoms with Crippen molar-refractivity contribution >= 4 is 27.3 Å². The number of carbonyl (C=O) groups is 1. The van der Waals surface area contributed by atoms with Gasteiger partial charge in [0.25, 0.3) is 10.0 Å². The molecular weight excluding hydrogens is 276 g/mol. The first-order chi connectivity index (χ1) is 8.29. The van der Waals surface area contributed by atoms with Gasteiger partial charge in [0.1, 0.15) is 0 Å². The third-order valence-electron chi connectivity index (χ3n) is 2.53. The lowest BCUT2D eigenvalue weighted by atomic mass is 10.0. The predicted octanol–water partition coefficient (Wildman–Crippen LogP) is 1.55. The number of thiazole rings is 1. The summed E-state index contributed by atoms with van der Waals surface area (Å²) in [6.07, 6.45) is 0.637. The number of hydrogen-bond acceptors (Lipinski definition) is 5. The van der Waals surface area contributed by atoms with Crippen molar-refractivity contribution < 1.29 is 18.3 Å². The lowest BCUT2D eigenvalue weighted by Crippen LogP contribution is -2.38. The molecule has 0 aliphatic heterocycles. The molecule has 0 aromatic carbocycles. The smallest absolute Gasteiger partial charge is 0.356 e. The second-order valence-corrected chi connectivity index (χ2v) is 6.94. The van der Waals surface area contributed by atoms with Gasteiger partial charge in [-0.3, -0.25) is 0 Å². The molecule has 2 N–H and O–H groups in total. The summed E-state index contributed by atoms with van der Waals surface area (Å²) in [5.74, 6) is -1.21. The number of sulfonamides is 1. The van der Waals surface area contributed by atoms with Crippen LogP contribution >= 0.6 is 11.3 Å². The summed E-state index contributed by atoms with van der Waals surface area (Å²) >= 11 is 0.807. The summed E-state index contributed by atoms with van der Waals surface area (Å²) in [5.41, 5.74) is 0.792. The van der Waals surface area contributed by atoms with Crippen molar-refractivity contribution in [2.24, 2.45) is 5.92 Å². The monoisotopic (exact) mass is 292 g/mol. The molecule has 6 nitrogen and oxygen atoms in total. The van der Waals surface area contributed by atoms with E-state index < -0.39 is 21.7 Å². The van der Waals surface area contributed by atoms with Gasteiger partial charge in [-0.15, -0.1) is 11.3 Å². The van der Waals surface area contributed by atoms with Gasteiger partial charge in [0.2, 0.25) is 0 Å². The first kappa shape index (κ1) is 15.1. The molecule has 102 valence electrons. The minimum Gasteiger partial charge on any atom is -0.476 e. The first-order valence-electron chi connectivity index (χ1n) is 5.48. The Bertz CT molecular complexity index is 522. The molecule has 1 heterocycles. The van der Waals surface area contributed by atoms with Gasteiger partial charge < -0.3 is 5.11 Å². The maximum Gasteiger partial charge on any atom is 0.356 e. The van der Waals surface area contributed by atoms with Crippen molar-refractivity contribution in [1.82, 2.24) is 9.71 Å². The lowest BCUT2D eigenvalue weighted by Gasteiger charge is -2.20. The van der Waals surface area contributed by atoms with E-state index >= 15 is 0 Å². The van der Waals surface area contributed by atoms with Gasteiger partial charge in [-0.05, 0) is 12.3 Å². The third-order valence-corrected chi connectivity index (χ3v) is 5.39. The molecule has 1 unspecified atom stereocenters. The number of rotatable bonds is 6. The van der Waals surface area contributed by atoms with E-state index in [1.165, 1.54) is 5.51 Å². The van der Waals surface area contributed by atoms with E-state index in [2.05, 4.69) is 9.71 Å². The molecule has 0 aliphatic rings. The maximum atomic E-state index is 12.1. The van der Waals surface area contributed by atoms with Crippen LogP contribution in [0.1, 0.15) is 37.7 Å². The Morgan fingerprint density at radius 2 is 2.17 bits per heavy atom. The molecule has 8 heteroatoms. The number of nitrogens with zero attached hydrogens (tertiary/aromatic N) is 1. The Labute approximate surface area is 110 Å². The molecule has 0 spiro atoms. The molecule has 1 aromatic heterocycles. The van der Waals surface area contributed by atoms with E-state index in [4.69, 9.17) is 5.11 Å². The molecule has 0 radical (unpaired) electrons. The second-order valence-electron chi connectivity index (χ2n) is 4.17. The van der Waals surface area contributed by atoms with Gasteiger partial charge >= 0.3 is 5.97 Å². The van der Waals surface area contributed by atoms with E-state index in [1.54, 1.807) is 0 Å². The fourth-order valence-electron chi connectivity index (χ4n) is 1.51. The summed E-state index contributed by atoms with van der Waals surface area (Å²) in [5, 5.41) is 8.87. The van der Waals surface area contributed by atoms with Crippen LogP contribution in [0.4, 0.5) is 0 Å². The van der Waals surface area contributed by atoms with E-state index in [9.17, 15) is 13.2 Å². The first-order valence-corrected chi connectivity index (χ1v) is 7.85. The van der Waals surface area contributed by atoms with Crippen LogP contribution in [0.3, 0.4) is 0 Å². The Morgan fingerprint density at radius 1 is 1.56 bits per heavy atom. The minimum absolute atomic E-state index is 0.131. The summed E-state index contributed by atoms with van der Waals surface area (Å²) in [6.45, 7) is 5.68. The molecule has 0 saturated heterocycles. The largest absolute Gasteiger partial charge is 0.476 e. The molecule has 0 fully saturated rings. The quantitative estimate of drug-likeness (QED) is 0.829. The molecule has 0 amide bonds.